The third kappa shape index (κ3) is 1.09. The predicted octanol–water partition coefficient (Wildman–Crippen LogP) is 1.75. The highest BCUT2D eigenvalue weighted by Gasteiger charge is 2.31. The third-order valence-electron chi connectivity index (χ3n) is 2.58. The Labute approximate surface area is 56.9 Å². The van der Waals surface area contributed by atoms with Crippen molar-refractivity contribution in [1.82, 2.24) is 0 Å². The smallest absolute Gasteiger partial charge is 0.0100 e. The Kier molecular flexibility index (Phi) is 1.79. The van der Waals surface area contributed by atoms with Gasteiger partial charge in [-0.25, -0.2) is 0 Å². The zero-order valence-electron chi connectivity index (χ0n) is 6.17. The molecule has 1 heteroatoms. The molecule has 3 atom stereocenters. The minimum Gasteiger partial charge on any atom is -0.405 e. The molecule has 2 N–H and O–H groups in total. The zero-order valence-corrected chi connectivity index (χ0v) is 6.17. The van der Waals surface area contributed by atoms with Gasteiger partial charge in [0.05, 0.1) is 0 Å². The number of nitrogens with two attached hydrogens (primary N) is 1. The molecule has 1 saturated carbocycles. The Bertz CT molecular complexity index is 118. The average Bonchev–Trinajstić information content (AvgIpc) is 1.88. The maximum absolute atomic E-state index is 5.27. The minimum absolute atomic E-state index is 0.769. The van der Waals surface area contributed by atoms with Crippen molar-refractivity contribution in [3.63, 3.8) is 0 Å². The van der Waals surface area contributed by atoms with Crippen molar-refractivity contribution >= 4 is 0 Å². The molecule has 0 bridgehead atoms. The van der Waals surface area contributed by atoms with E-state index in [0.29, 0.717) is 0 Å². The summed E-state index contributed by atoms with van der Waals surface area (Å²) in [5.74, 6) is 2.53. The Morgan fingerprint density at radius 1 is 1.44 bits per heavy atom. The normalized spacial score (nSPS) is 43.1. The zero-order chi connectivity index (χ0) is 6.85. The van der Waals surface area contributed by atoms with Gasteiger partial charge < -0.3 is 5.73 Å². The molecule has 0 amide bonds. The lowest BCUT2D eigenvalue weighted by Crippen LogP contribution is -2.30. The number of hydrogen-bond donors (Lipinski definition) is 1. The van der Waals surface area contributed by atoms with Crippen LogP contribution in [0.5, 0.6) is 0 Å². The van der Waals surface area contributed by atoms with Crippen molar-refractivity contribution in [2.24, 2.45) is 23.5 Å². The molecule has 0 spiro atoms. The van der Waals surface area contributed by atoms with Crippen LogP contribution in [-0.4, -0.2) is 0 Å². The van der Waals surface area contributed by atoms with Gasteiger partial charge in [-0.3, -0.25) is 0 Å². The van der Waals surface area contributed by atoms with Crippen LogP contribution in [0.1, 0.15) is 20.3 Å². The lowest BCUT2D eigenvalue weighted by atomic mass is 9.67. The van der Waals surface area contributed by atoms with Crippen molar-refractivity contribution in [2.45, 2.75) is 20.3 Å². The van der Waals surface area contributed by atoms with E-state index < -0.39 is 0 Å². The molecule has 0 aromatic carbocycles. The van der Waals surface area contributed by atoms with Crippen LogP contribution in [0.25, 0.3) is 0 Å². The van der Waals surface area contributed by atoms with E-state index in [0.717, 1.165) is 17.8 Å². The molecule has 1 fully saturated rings. The summed E-state index contributed by atoms with van der Waals surface area (Å²) in [6, 6.07) is 0. The second-order valence-corrected chi connectivity index (χ2v) is 3.12. The first-order valence-electron chi connectivity index (χ1n) is 3.64. The highest BCUT2D eigenvalue weighted by molar-refractivity contribution is 4.96. The van der Waals surface area contributed by atoms with Gasteiger partial charge in [-0.05, 0) is 30.4 Å². The Hall–Kier alpha value is -0.460. The quantitative estimate of drug-likeness (QED) is 0.567. The second-order valence-electron chi connectivity index (χ2n) is 3.12. The van der Waals surface area contributed by atoms with E-state index in [2.05, 4.69) is 19.9 Å². The van der Waals surface area contributed by atoms with Gasteiger partial charge in [0.25, 0.3) is 0 Å². The Morgan fingerprint density at radius 2 is 2.11 bits per heavy atom. The lowest BCUT2D eigenvalue weighted by Gasteiger charge is -2.38. The predicted molar refractivity (Wildman–Crippen MR) is 39.8 cm³/mol. The van der Waals surface area contributed by atoms with Crippen molar-refractivity contribution in [3.8, 4) is 0 Å². The summed E-state index contributed by atoms with van der Waals surface area (Å²) in [5, 5.41) is 0. The summed E-state index contributed by atoms with van der Waals surface area (Å²) in [7, 11) is 0. The van der Waals surface area contributed by atoms with E-state index in [4.69, 9.17) is 5.73 Å². The van der Waals surface area contributed by atoms with E-state index in [9.17, 15) is 0 Å². The minimum atomic E-state index is 0.769. The standard InChI is InChI=1S/C8H15N/c1-6-5-8(3-4-9)7(6)2/h3-4,6-8H,5,9H2,1-2H3/b4-3+. The van der Waals surface area contributed by atoms with Crippen molar-refractivity contribution in [2.75, 3.05) is 0 Å². The maximum atomic E-state index is 5.27. The van der Waals surface area contributed by atoms with E-state index >= 15 is 0 Å². The molecule has 0 aliphatic heterocycles. The molecular weight excluding hydrogens is 110 g/mol. The maximum Gasteiger partial charge on any atom is -0.0100 e. The molecule has 0 heterocycles. The van der Waals surface area contributed by atoms with Crippen LogP contribution in [0.2, 0.25) is 0 Å². The van der Waals surface area contributed by atoms with Gasteiger partial charge in [-0.15, -0.1) is 0 Å². The second kappa shape index (κ2) is 2.42. The molecule has 0 saturated heterocycles. The molecule has 9 heavy (non-hydrogen) atoms. The molecule has 1 aliphatic carbocycles. The Morgan fingerprint density at radius 3 is 2.44 bits per heavy atom. The highest BCUT2D eigenvalue weighted by Crippen LogP contribution is 2.40. The highest BCUT2D eigenvalue weighted by atomic mass is 14.5. The summed E-state index contributed by atoms with van der Waals surface area (Å²) < 4.78 is 0. The van der Waals surface area contributed by atoms with E-state index in [-0.39, 0.29) is 0 Å². The summed E-state index contributed by atoms with van der Waals surface area (Å²) in [6.45, 7) is 4.59. The van der Waals surface area contributed by atoms with Gasteiger partial charge >= 0.3 is 0 Å². The molecule has 0 aromatic heterocycles. The topological polar surface area (TPSA) is 26.0 Å². The average molecular weight is 125 g/mol. The summed E-state index contributed by atoms with van der Waals surface area (Å²) in [5.41, 5.74) is 5.27. The number of allylic oxidation sites excluding steroid dienone is 1. The van der Waals surface area contributed by atoms with Gasteiger partial charge in [0, 0.05) is 0 Å². The summed E-state index contributed by atoms with van der Waals surface area (Å²) >= 11 is 0. The van der Waals surface area contributed by atoms with Crippen molar-refractivity contribution < 1.29 is 0 Å². The molecule has 0 aromatic rings. The first kappa shape index (κ1) is 6.66. The van der Waals surface area contributed by atoms with Crippen LogP contribution in [0.3, 0.4) is 0 Å². The molecule has 52 valence electrons. The monoisotopic (exact) mass is 125 g/mol. The van der Waals surface area contributed by atoms with Crippen molar-refractivity contribution in [3.05, 3.63) is 12.3 Å². The van der Waals surface area contributed by atoms with Gasteiger partial charge in [0.15, 0.2) is 0 Å². The van der Waals surface area contributed by atoms with Crippen LogP contribution in [0.4, 0.5) is 0 Å². The fourth-order valence-corrected chi connectivity index (χ4v) is 1.48. The van der Waals surface area contributed by atoms with Crippen molar-refractivity contribution in [1.29, 1.82) is 0 Å². The summed E-state index contributed by atoms with van der Waals surface area (Å²) in [6.07, 6.45) is 5.12. The SMILES string of the molecule is CC1CC(/C=C/N)C1C. The molecule has 1 nitrogen and oxygen atoms in total. The number of hydrogen-bond acceptors (Lipinski definition) is 1. The first-order chi connectivity index (χ1) is 4.25. The molecule has 1 aliphatic rings. The molecule has 1 rings (SSSR count). The number of rotatable bonds is 1. The summed E-state index contributed by atoms with van der Waals surface area (Å²) in [4.78, 5) is 0. The fourth-order valence-electron chi connectivity index (χ4n) is 1.48. The fraction of sp³-hybridized carbons (Fsp3) is 0.750. The van der Waals surface area contributed by atoms with Gasteiger partial charge in [-0.1, -0.05) is 19.9 Å². The van der Waals surface area contributed by atoms with E-state index in [1.54, 1.807) is 6.20 Å². The van der Waals surface area contributed by atoms with Gasteiger partial charge in [0.1, 0.15) is 0 Å². The Balaban J connectivity index is 2.33. The van der Waals surface area contributed by atoms with E-state index in [1.165, 1.54) is 6.42 Å². The van der Waals surface area contributed by atoms with Crippen LogP contribution < -0.4 is 5.73 Å². The van der Waals surface area contributed by atoms with Gasteiger partial charge in [0.2, 0.25) is 0 Å². The molecular formula is C8H15N. The van der Waals surface area contributed by atoms with Crippen LogP contribution in [0.15, 0.2) is 12.3 Å². The van der Waals surface area contributed by atoms with E-state index in [1.807, 2.05) is 0 Å². The largest absolute Gasteiger partial charge is 0.405 e. The van der Waals surface area contributed by atoms with Crippen LogP contribution in [-0.2, 0) is 0 Å². The molecule has 0 radical (unpaired) electrons. The van der Waals surface area contributed by atoms with Crippen LogP contribution >= 0.6 is 0 Å². The van der Waals surface area contributed by atoms with Crippen LogP contribution in [0, 0.1) is 17.8 Å². The molecule has 3 unspecified atom stereocenters. The third-order valence-corrected chi connectivity index (χ3v) is 2.58. The first-order valence-corrected chi connectivity index (χ1v) is 3.64. The van der Waals surface area contributed by atoms with Gasteiger partial charge in [-0.2, -0.15) is 0 Å². The lowest BCUT2D eigenvalue weighted by molar-refractivity contribution is 0.145.